The zero-order chi connectivity index (χ0) is 19.6. The summed E-state index contributed by atoms with van der Waals surface area (Å²) in [5.41, 5.74) is 2.32. The zero-order valence-corrected chi connectivity index (χ0v) is 16.2. The van der Waals surface area contributed by atoms with Gasteiger partial charge in [-0.15, -0.1) is 11.3 Å². The van der Waals surface area contributed by atoms with E-state index < -0.39 is 15.8 Å². The van der Waals surface area contributed by atoms with Gasteiger partial charge in [0.2, 0.25) is 0 Å². The molecule has 1 N–H and O–H groups in total. The molecule has 1 heterocycles. The van der Waals surface area contributed by atoms with Crippen molar-refractivity contribution in [2.24, 2.45) is 0 Å². The molecule has 1 aromatic heterocycles. The van der Waals surface area contributed by atoms with Gasteiger partial charge in [0.25, 0.3) is 10.0 Å². The summed E-state index contributed by atoms with van der Waals surface area (Å²) in [5.74, 6) is -0.483. The molecule has 0 radical (unpaired) electrons. The van der Waals surface area contributed by atoms with Crippen LogP contribution in [0.25, 0.3) is 22.4 Å². The number of nitrogens with one attached hydrogen (secondary N) is 1. The molecule has 0 atom stereocenters. The van der Waals surface area contributed by atoms with Gasteiger partial charge in [-0.3, -0.25) is 4.72 Å². The SMILES string of the molecule is O=S(=O)(Nc1ccc(C=Cc2nc3ccccc3s2)cc1)c1ccc(F)cc1. The van der Waals surface area contributed by atoms with Gasteiger partial charge in [-0.25, -0.2) is 17.8 Å². The summed E-state index contributed by atoms with van der Waals surface area (Å²) >= 11 is 1.61. The molecule has 0 aliphatic rings. The molecule has 0 spiro atoms. The molecule has 0 saturated carbocycles. The van der Waals surface area contributed by atoms with E-state index in [4.69, 9.17) is 0 Å². The lowest BCUT2D eigenvalue weighted by molar-refractivity contribution is 0.599. The highest BCUT2D eigenvalue weighted by Crippen LogP contribution is 2.23. The van der Waals surface area contributed by atoms with Crippen LogP contribution in [-0.4, -0.2) is 13.4 Å². The van der Waals surface area contributed by atoms with E-state index in [1.54, 1.807) is 23.5 Å². The number of hydrogen-bond acceptors (Lipinski definition) is 4. The highest BCUT2D eigenvalue weighted by molar-refractivity contribution is 7.92. The Morgan fingerprint density at radius 3 is 2.32 bits per heavy atom. The molecule has 0 unspecified atom stereocenters. The molecule has 0 aliphatic heterocycles. The molecule has 7 heteroatoms. The minimum absolute atomic E-state index is 0.00806. The molecule has 140 valence electrons. The highest BCUT2D eigenvalue weighted by Gasteiger charge is 2.13. The maximum absolute atomic E-state index is 13.0. The van der Waals surface area contributed by atoms with Crippen molar-refractivity contribution in [3.05, 3.63) is 89.2 Å². The number of benzene rings is 3. The lowest BCUT2D eigenvalue weighted by atomic mass is 10.2. The van der Waals surface area contributed by atoms with Crippen molar-refractivity contribution in [1.82, 2.24) is 4.98 Å². The van der Waals surface area contributed by atoms with Gasteiger partial charge >= 0.3 is 0 Å². The molecule has 4 rings (SSSR count). The summed E-state index contributed by atoms with van der Waals surface area (Å²) in [4.78, 5) is 4.55. The summed E-state index contributed by atoms with van der Waals surface area (Å²) < 4.78 is 41.3. The Morgan fingerprint density at radius 2 is 1.61 bits per heavy atom. The van der Waals surface area contributed by atoms with Crippen LogP contribution in [0.1, 0.15) is 10.6 Å². The van der Waals surface area contributed by atoms with E-state index in [-0.39, 0.29) is 4.90 Å². The Hall–Kier alpha value is -3.03. The number of rotatable bonds is 5. The fourth-order valence-electron chi connectivity index (χ4n) is 2.62. The fraction of sp³-hybridized carbons (Fsp3) is 0. The Morgan fingerprint density at radius 1 is 0.893 bits per heavy atom. The first-order valence-electron chi connectivity index (χ1n) is 8.42. The largest absolute Gasteiger partial charge is 0.280 e. The monoisotopic (exact) mass is 410 g/mol. The number of fused-ring (bicyclic) bond motifs is 1. The number of aromatic nitrogens is 1. The second-order valence-electron chi connectivity index (χ2n) is 6.03. The van der Waals surface area contributed by atoms with E-state index in [2.05, 4.69) is 9.71 Å². The Balaban J connectivity index is 1.48. The van der Waals surface area contributed by atoms with Gasteiger partial charge in [0.05, 0.1) is 15.1 Å². The van der Waals surface area contributed by atoms with Gasteiger partial charge in [0.1, 0.15) is 10.8 Å². The average Bonchev–Trinajstić information content (AvgIpc) is 3.10. The smallest absolute Gasteiger partial charge is 0.261 e. The van der Waals surface area contributed by atoms with Crippen molar-refractivity contribution in [2.45, 2.75) is 4.90 Å². The van der Waals surface area contributed by atoms with Gasteiger partial charge in [0.15, 0.2) is 0 Å². The van der Waals surface area contributed by atoms with E-state index in [9.17, 15) is 12.8 Å². The third-order valence-corrected chi connectivity index (χ3v) is 6.41. The molecule has 0 amide bonds. The molecular weight excluding hydrogens is 395 g/mol. The number of halogens is 1. The molecule has 0 saturated heterocycles. The first-order valence-corrected chi connectivity index (χ1v) is 10.7. The third kappa shape index (κ3) is 4.11. The minimum Gasteiger partial charge on any atom is -0.280 e. The van der Waals surface area contributed by atoms with E-state index in [0.29, 0.717) is 5.69 Å². The highest BCUT2D eigenvalue weighted by atomic mass is 32.2. The minimum atomic E-state index is -3.76. The topological polar surface area (TPSA) is 59.1 Å². The van der Waals surface area contributed by atoms with Crippen LogP contribution in [-0.2, 0) is 10.0 Å². The summed E-state index contributed by atoms with van der Waals surface area (Å²) in [6.45, 7) is 0. The van der Waals surface area contributed by atoms with Crippen molar-refractivity contribution >= 4 is 49.4 Å². The maximum atomic E-state index is 13.0. The standard InChI is InChI=1S/C21H15FN2O2S2/c22-16-8-12-18(13-9-16)28(25,26)24-17-10-5-15(6-11-17)7-14-21-23-19-3-1-2-4-20(19)27-21/h1-14,24H. The molecule has 0 bridgehead atoms. The van der Waals surface area contributed by atoms with E-state index in [1.807, 2.05) is 48.6 Å². The predicted octanol–water partition coefficient (Wildman–Crippen LogP) is 5.41. The van der Waals surface area contributed by atoms with Crippen LogP contribution in [0.4, 0.5) is 10.1 Å². The first-order chi connectivity index (χ1) is 13.5. The van der Waals surface area contributed by atoms with Gasteiger partial charge in [-0.05, 0) is 60.2 Å². The summed E-state index contributed by atoms with van der Waals surface area (Å²) in [6, 6.07) is 19.6. The summed E-state index contributed by atoms with van der Waals surface area (Å²) in [7, 11) is -3.76. The van der Waals surface area contributed by atoms with Crippen molar-refractivity contribution < 1.29 is 12.8 Å². The summed E-state index contributed by atoms with van der Waals surface area (Å²) in [5, 5.41) is 0.905. The normalized spacial score (nSPS) is 11.9. The van der Waals surface area contributed by atoms with Crippen LogP contribution >= 0.6 is 11.3 Å². The van der Waals surface area contributed by atoms with Crippen LogP contribution in [0.2, 0.25) is 0 Å². The second-order valence-corrected chi connectivity index (χ2v) is 8.78. The first kappa shape index (κ1) is 18.3. The van der Waals surface area contributed by atoms with Gasteiger partial charge in [-0.1, -0.05) is 30.3 Å². The van der Waals surface area contributed by atoms with E-state index >= 15 is 0 Å². The van der Waals surface area contributed by atoms with Crippen molar-refractivity contribution in [1.29, 1.82) is 0 Å². The van der Waals surface area contributed by atoms with Crippen LogP contribution in [0.5, 0.6) is 0 Å². The Bertz CT molecular complexity index is 1210. The molecule has 4 aromatic rings. The molecule has 28 heavy (non-hydrogen) atoms. The second kappa shape index (κ2) is 7.53. The number of para-hydroxylation sites is 1. The number of anilines is 1. The average molecular weight is 410 g/mol. The van der Waals surface area contributed by atoms with Crippen LogP contribution < -0.4 is 4.72 Å². The number of thiazole rings is 1. The zero-order valence-electron chi connectivity index (χ0n) is 14.5. The molecular formula is C21H15FN2O2S2. The van der Waals surface area contributed by atoms with Gasteiger partial charge in [-0.2, -0.15) is 0 Å². The lowest BCUT2D eigenvalue weighted by Crippen LogP contribution is -2.12. The molecule has 3 aromatic carbocycles. The van der Waals surface area contributed by atoms with Crippen molar-refractivity contribution in [2.75, 3.05) is 4.72 Å². The van der Waals surface area contributed by atoms with Gasteiger partial charge in [0, 0.05) is 5.69 Å². The van der Waals surface area contributed by atoms with Crippen LogP contribution in [0.3, 0.4) is 0 Å². The van der Waals surface area contributed by atoms with Crippen molar-refractivity contribution in [3.8, 4) is 0 Å². The van der Waals surface area contributed by atoms with Gasteiger partial charge < -0.3 is 0 Å². The van der Waals surface area contributed by atoms with Crippen LogP contribution in [0, 0.1) is 5.82 Å². The Labute approximate surface area is 166 Å². The lowest BCUT2D eigenvalue weighted by Gasteiger charge is -2.08. The van der Waals surface area contributed by atoms with E-state index in [1.165, 1.54) is 12.1 Å². The fourth-order valence-corrected chi connectivity index (χ4v) is 4.55. The predicted molar refractivity (Wildman–Crippen MR) is 112 cm³/mol. The number of sulfonamides is 1. The van der Waals surface area contributed by atoms with Crippen molar-refractivity contribution in [3.63, 3.8) is 0 Å². The molecule has 0 fully saturated rings. The maximum Gasteiger partial charge on any atom is 0.261 e. The van der Waals surface area contributed by atoms with E-state index in [0.717, 1.165) is 32.9 Å². The van der Waals surface area contributed by atoms with Crippen LogP contribution in [0.15, 0.2) is 77.7 Å². The Kier molecular flexibility index (Phi) is 4.93. The molecule has 4 nitrogen and oxygen atoms in total. The molecule has 0 aliphatic carbocycles. The third-order valence-electron chi connectivity index (χ3n) is 4.02. The number of nitrogens with zero attached hydrogens (tertiary/aromatic N) is 1. The summed E-state index contributed by atoms with van der Waals surface area (Å²) in [6.07, 6.45) is 3.86. The quantitative estimate of drug-likeness (QED) is 0.479. The number of hydrogen-bond donors (Lipinski definition) is 1.